The van der Waals surface area contributed by atoms with Crippen LogP contribution in [0.4, 0.5) is 9.59 Å². The third-order valence-corrected chi connectivity index (χ3v) is 4.48. The summed E-state index contributed by atoms with van der Waals surface area (Å²) in [6.45, 7) is 6.30. The molecule has 0 aromatic carbocycles. The second-order valence-corrected chi connectivity index (χ2v) is 9.32. The highest BCUT2D eigenvalue weighted by molar-refractivity contribution is 6.68. The van der Waals surface area contributed by atoms with Gasteiger partial charge in [0, 0.05) is 13.1 Å². The lowest BCUT2D eigenvalue weighted by atomic mass is 10.2. The van der Waals surface area contributed by atoms with Gasteiger partial charge in [0.15, 0.2) is 11.6 Å². The fourth-order valence-electron chi connectivity index (χ4n) is 1.61. The van der Waals surface area contributed by atoms with Gasteiger partial charge in [-0.05, 0) is 34.6 Å². The van der Waals surface area contributed by atoms with E-state index < -0.39 is 45.8 Å². The summed E-state index contributed by atoms with van der Waals surface area (Å²) in [5.74, 6) is -1.47. The number of alkyl halides is 3. The lowest BCUT2D eigenvalue weighted by molar-refractivity contribution is -0.144. The van der Waals surface area contributed by atoms with Gasteiger partial charge in [-0.25, -0.2) is 14.4 Å². The van der Waals surface area contributed by atoms with Crippen molar-refractivity contribution in [3.05, 3.63) is 0 Å². The Morgan fingerprint density at radius 3 is 1.96 bits per heavy atom. The highest BCUT2D eigenvalue weighted by Crippen LogP contribution is 2.40. The summed E-state index contributed by atoms with van der Waals surface area (Å²) in [7, 11) is 0. The van der Waals surface area contributed by atoms with E-state index in [4.69, 9.17) is 44.3 Å². The number of nitrogens with zero attached hydrogens (tertiary/aromatic N) is 1. The number of nitrogens with one attached hydrogen (secondary N) is 1. The van der Waals surface area contributed by atoms with E-state index in [2.05, 4.69) is 5.32 Å². The van der Waals surface area contributed by atoms with Crippen molar-refractivity contribution in [2.45, 2.75) is 55.7 Å². The predicted octanol–water partition coefficient (Wildman–Crippen LogP) is 2.54. The van der Waals surface area contributed by atoms with Gasteiger partial charge in [0.25, 0.3) is 0 Å². The van der Waals surface area contributed by atoms with Crippen LogP contribution in [-0.2, 0) is 14.3 Å². The first-order chi connectivity index (χ1) is 12.0. The molecule has 3 N–H and O–H groups in total. The average molecular weight is 452 g/mol. The Morgan fingerprint density at radius 1 is 1.07 bits per heavy atom. The van der Waals surface area contributed by atoms with Crippen LogP contribution in [0.1, 0.15) is 34.6 Å². The number of aliphatic hydroxyl groups excluding tert-OH is 1. The monoisotopic (exact) mass is 450 g/mol. The second kappa shape index (κ2) is 9.86. The summed E-state index contributed by atoms with van der Waals surface area (Å²) in [6.07, 6.45) is -1.90. The smallest absolute Gasteiger partial charge is 0.411 e. The molecule has 0 aromatic rings. The molecule has 1 atom stereocenters. The number of ether oxygens (including phenoxy) is 2. The van der Waals surface area contributed by atoms with Crippen molar-refractivity contribution < 1.29 is 34.1 Å². The van der Waals surface area contributed by atoms with Gasteiger partial charge in [-0.15, -0.1) is 0 Å². The van der Waals surface area contributed by atoms with Crippen molar-refractivity contribution in [3.63, 3.8) is 0 Å². The lowest BCUT2D eigenvalue weighted by Gasteiger charge is -2.35. The fraction of sp³-hybridized carbons (Fsp3) is 0.800. The molecule has 0 spiro atoms. The van der Waals surface area contributed by atoms with Gasteiger partial charge in [0.2, 0.25) is 3.79 Å². The van der Waals surface area contributed by atoms with Gasteiger partial charge in [0.05, 0.1) is 6.61 Å². The van der Waals surface area contributed by atoms with Crippen LogP contribution in [0.5, 0.6) is 0 Å². The molecule has 9 nitrogen and oxygen atoms in total. The van der Waals surface area contributed by atoms with Crippen LogP contribution in [0.15, 0.2) is 0 Å². The molecule has 27 heavy (non-hydrogen) atoms. The van der Waals surface area contributed by atoms with E-state index in [1.165, 1.54) is 13.8 Å². The zero-order valence-electron chi connectivity index (χ0n) is 15.7. The molecule has 0 heterocycles. The van der Waals surface area contributed by atoms with Gasteiger partial charge in [0.1, 0.15) is 5.60 Å². The molecule has 0 aliphatic heterocycles. The summed E-state index contributed by atoms with van der Waals surface area (Å²) in [4.78, 5) is 36.1. The van der Waals surface area contributed by atoms with E-state index >= 15 is 0 Å². The molecular formula is C15H25Cl3N2O7. The number of hydrogen-bond donors (Lipinski definition) is 3. The minimum atomic E-state index is -1.99. The molecule has 158 valence electrons. The zero-order valence-corrected chi connectivity index (χ0v) is 18.0. The van der Waals surface area contributed by atoms with Gasteiger partial charge in [-0.3, -0.25) is 4.90 Å². The SMILES string of the molecule is CC(C)(C)OC(=O)NCCN(C(=O)OC(C)(C)C(Cl)(Cl)Cl)[C@@H](CO)C(=O)O. The Balaban J connectivity index is 5.18. The van der Waals surface area contributed by atoms with Crippen molar-refractivity contribution in [1.82, 2.24) is 10.2 Å². The lowest BCUT2D eigenvalue weighted by Crippen LogP contribution is -2.53. The number of aliphatic carboxylic acids is 1. The molecule has 0 unspecified atom stereocenters. The van der Waals surface area contributed by atoms with E-state index in [0.717, 1.165) is 0 Å². The number of rotatable bonds is 7. The van der Waals surface area contributed by atoms with Crippen molar-refractivity contribution in [1.29, 1.82) is 0 Å². The summed E-state index contributed by atoms with van der Waals surface area (Å²) < 4.78 is 8.16. The number of carbonyl (C=O) groups excluding carboxylic acids is 2. The Bertz CT molecular complexity index is 545. The van der Waals surface area contributed by atoms with E-state index in [-0.39, 0.29) is 13.1 Å². The predicted molar refractivity (Wildman–Crippen MR) is 100 cm³/mol. The van der Waals surface area contributed by atoms with Crippen molar-refractivity contribution in [2.24, 2.45) is 0 Å². The second-order valence-electron chi connectivity index (χ2n) is 7.03. The van der Waals surface area contributed by atoms with E-state index in [9.17, 15) is 24.6 Å². The number of hydrogen-bond acceptors (Lipinski definition) is 6. The number of halogens is 3. The van der Waals surface area contributed by atoms with Crippen LogP contribution < -0.4 is 5.32 Å². The number of amides is 2. The Kier molecular flexibility index (Phi) is 9.44. The van der Waals surface area contributed by atoms with Crippen LogP contribution in [0.3, 0.4) is 0 Å². The maximum Gasteiger partial charge on any atom is 0.411 e. The molecule has 0 aliphatic rings. The maximum absolute atomic E-state index is 12.4. The molecule has 12 heteroatoms. The normalized spacial score (nSPS) is 13.5. The molecule has 0 saturated carbocycles. The van der Waals surface area contributed by atoms with Gasteiger partial charge >= 0.3 is 18.2 Å². The van der Waals surface area contributed by atoms with Crippen LogP contribution in [-0.4, -0.2) is 74.0 Å². The maximum atomic E-state index is 12.4. The highest BCUT2D eigenvalue weighted by Gasteiger charge is 2.45. The Morgan fingerprint density at radius 2 is 1.59 bits per heavy atom. The minimum absolute atomic E-state index is 0.165. The fourth-order valence-corrected chi connectivity index (χ4v) is 1.73. The van der Waals surface area contributed by atoms with Crippen LogP contribution in [0.25, 0.3) is 0 Å². The largest absolute Gasteiger partial charge is 0.480 e. The Hall–Kier alpha value is -1.16. The molecular weight excluding hydrogens is 427 g/mol. The molecule has 2 amide bonds. The number of aliphatic hydroxyl groups is 1. The standard InChI is InChI=1S/C15H25Cl3N2O7/c1-13(2,3)26-11(24)19-6-7-20(9(8-21)10(22)23)12(25)27-14(4,5)15(16,17)18/h9,21H,6-8H2,1-5H3,(H,19,24)(H,22,23)/t9-/m0/s1. The molecule has 0 saturated heterocycles. The third-order valence-electron chi connectivity index (χ3n) is 3.11. The molecule has 0 rings (SSSR count). The van der Waals surface area contributed by atoms with Crippen molar-refractivity contribution >= 4 is 53.0 Å². The number of alkyl carbamates (subject to hydrolysis) is 1. The van der Waals surface area contributed by atoms with Crippen LogP contribution >= 0.6 is 34.8 Å². The minimum Gasteiger partial charge on any atom is -0.480 e. The molecule has 0 aromatic heterocycles. The first-order valence-corrected chi connectivity index (χ1v) is 9.02. The third kappa shape index (κ3) is 9.05. The van der Waals surface area contributed by atoms with E-state index in [1.54, 1.807) is 20.8 Å². The van der Waals surface area contributed by atoms with Gasteiger partial charge < -0.3 is 25.0 Å². The summed E-state index contributed by atoms with van der Waals surface area (Å²) in [5.41, 5.74) is -2.32. The molecule has 0 aliphatic carbocycles. The summed E-state index contributed by atoms with van der Waals surface area (Å²) >= 11 is 17.3. The topological polar surface area (TPSA) is 125 Å². The summed E-state index contributed by atoms with van der Waals surface area (Å²) in [6, 6.07) is -1.62. The molecule has 0 fully saturated rings. The zero-order chi connectivity index (χ0) is 21.6. The van der Waals surface area contributed by atoms with E-state index in [1.807, 2.05) is 0 Å². The first-order valence-electron chi connectivity index (χ1n) is 7.88. The number of carboxylic acids is 1. The first kappa shape index (κ1) is 25.8. The van der Waals surface area contributed by atoms with Crippen molar-refractivity contribution in [3.8, 4) is 0 Å². The van der Waals surface area contributed by atoms with Crippen LogP contribution in [0, 0.1) is 0 Å². The van der Waals surface area contributed by atoms with E-state index in [0.29, 0.717) is 4.90 Å². The number of carboxylic acid groups (broad SMARTS) is 1. The van der Waals surface area contributed by atoms with Gasteiger partial charge in [-0.2, -0.15) is 0 Å². The summed E-state index contributed by atoms with van der Waals surface area (Å²) in [5, 5.41) is 20.9. The molecule has 0 radical (unpaired) electrons. The van der Waals surface area contributed by atoms with Crippen LogP contribution in [0.2, 0.25) is 0 Å². The molecule has 0 bridgehead atoms. The average Bonchev–Trinajstić information content (AvgIpc) is 2.42. The number of carbonyl (C=O) groups is 3. The Labute approximate surface area is 172 Å². The quantitative estimate of drug-likeness (QED) is 0.508. The highest BCUT2D eigenvalue weighted by atomic mass is 35.6. The van der Waals surface area contributed by atoms with Crippen molar-refractivity contribution in [2.75, 3.05) is 19.7 Å². The van der Waals surface area contributed by atoms with Gasteiger partial charge in [-0.1, -0.05) is 34.8 Å².